The third-order valence-electron chi connectivity index (χ3n) is 3.69. The number of hydrogen-bond donors (Lipinski definition) is 1. The largest absolute Gasteiger partial charge is 0.356 e. The Morgan fingerprint density at radius 3 is 2.41 bits per heavy atom. The van der Waals surface area contributed by atoms with Gasteiger partial charge in [-0.1, -0.05) is 26.7 Å². The minimum Gasteiger partial charge on any atom is -0.356 e. The molecule has 3 heteroatoms. The van der Waals surface area contributed by atoms with E-state index in [9.17, 15) is 4.79 Å². The number of rotatable bonds is 7. The molecular formula is C14H26ClNO. The Morgan fingerprint density at radius 1 is 1.29 bits per heavy atom. The van der Waals surface area contributed by atoms with E-state index >= 15 is 0 Å². The molecule has 0 aliphatic heterocycles. The Balaban J connectivity index is 2.26. The molecule has 0 aromatic rings. The number of carbonyl (C=O) groups is 1. The first-order chi connectivity index (χ1) is 8.17. The van der Waals surface area contributed by atoms with Crippen molar-refractivity contribution in [3.8, 4) is 0 Å². The number of nitrogens with one attached hydrogen (secondary N) is 1. The summed E-state index contributed by atoms with van der Waals surface area (Å²) in [5.74, 6) is 1.08. The van der Waals surface area contributed by atoms with Crippen molar-refractivity contribution in [2.75, 3.05) is 6.54 Å². The zero-order chi connectivity index (χ0) is 12.7. The molecule has 1 fully saturated rings. The van der Waals surface area contributed by atoms with Crippen molar-refractivity contribution in [1.82, 2.24) is 5.32 Å². The van der Waals surface area contributed by atoms with E-state index in [2.05, 4.69) is 19.2 Å². The van der Waals surface area contributed by atoms with E-state index in [-0.39, 0.29) is 11.8 Å². The highest BCUT2D eigenvalue weighted by Crippen LogP contribution is 2.28. The van der Waals surface area contributed by atoms with Crippen LogP contribution in [-0.2, 0) is 4.79 Å². The summed E-state index contributed by atoms with van der Waals surface area (Å²) in [5, 5.41) is 3.45. The van der Waals surface area contributed by atoms with Gasteiger partial charge in [-0.3, -0.25) is 4.79 Å². The highest BCUT2D eigenvalue weighted by molar-refractivity contribution is 6.20. The highest BCUT2D eigenvalue weighted by Gasteiger charge is 2.24. The summed E-state index contributed by atoms with van der Waals surface area (Å²) < 4.78 is 0. The van der Waals surface area contributed by atoms with Crippen molar-refractivity contribution in [1.29, 1.82) is 0 Å². The summed E-state index contributed by atoms with van der Waals surface area (Å²) in [4.78, 5) is 12.0. The Bertz CT molecular complexity index is 226. The van der Waals surface area contributed by atoms with Gasteiger partial charge in [-0.15, -0.1) is 11.6 Å². The topological polar surface area (TPSA) is 29.1 Å². The zero-order valence-corrected chi connectivity index (χ0v) is 11.9. The normalized spacial score (nSPS) is 24.2. The van der Waals surface area contributed by atoms with Crippen molar-refractivity contribution < 1.29 is 4.79 Å². The molecule has 1 saturated carbocycles. The lowest BCUT2D eigenvalue weighted by atomic mass is 9.97. The Morgan fingerprint density at radius 2 is 1.94 bits per heavy atom. The maximum absolute atomic E-state index is 12.0. The van der Waals surface area contributed by atoms with Gasteiger partial charge < -0.3 is 5.32 Å². The van der Waals surface area contributed by atoms with E-state index in [0.29, 0.717) is 11.3 Å². The molecular weight excluding hydrogens is 234 g/mol. The van der Waals surface area contributed by atoms with Gasteiger partial charge in [0.05, 0.1) is 0 Å². The second kappa shape index (κ2) is 7.97. The van der Waals surface area contributed by atoms with Crippen LogP contribution in [0, 0.1) is 11.8 Å². The molecule has 1 amide bonds. The Kier molecular flexibility index (Phi) is 6.94. The number of carbonyl (C=O) groups excluding carboxylic acids is 1. The predicted molar refractivity (Wildman–Crippen MR) is 73.3 cm³/mol. The lowest BCUT2D eigenvalue weighted by molar-refractivity contribution is -0.125. The van der Waals surface area contributed by atoms with Gasteiger partial charge in [0.1, 0.15) is 0 Å². The first-order valence-corrected chi connectivity index (χ1v) is 7.52. The lowest BCUT2D eigenvalue weighted by Crippen LogP contribution is -2.34. The van der Waals surface area contributed by atoms with Gasteiger partial charge in [0.25, 0.3) is 0 Å². The van der Waals surface area contributed by atoms with E-state index in [1.807, 2.05) is 0 Å². The van der Waals surface area contributed by atoms with E-state index in [4.69, 9.17) is 11.6 Å². The smallest absolute Gasteiger partial charge is 0.223 e. The van der Waals surface area contributed by atoms with Crippen LogP contribution in [0.25, 0.3) is 0 Å². The van der Waals surface area contributed by atoms with Crippen LogP contribution in [0.15, 0.2) is 0 Å². The van der Waals surface area contributed by atoms with Gasteiger partial charge in [0, 0.05) is 17.8 Å². The van der Waals surface area contributed by atoms with Crippen molar-refractivity contribution in [2.24, 2.45) is 11.8 Å². The van der Waals surface area contributed by atoms with Crippen LogP contribution in [0.3, 0.4) is 0 Å². The van der Waals surface area contributed by atoms with Gasteiger partial charge in [-0.2, -0.15) is 0 Å². The molecule has 0 heterocycles. The van der Waals surface area contributed by atoms with Gasteiger partial charge in [-0.25, -0.2) is 0 Å². The standard InChI is InChI=1S/C14H26ClNO/c1-3-5-12(6-4-2)14(17)16-10-11-7-8-13(15)9-11/h11-13H,3-10H2,1-2H3,(H,16,17). The van der Waals surface area contributed by atoms with E-state index < -0.39 is 0 Å². The van der Waals surface area contributed by atoms with E-state index in [1.54, 1.807) is 0 Å². The van der Waals surface area contributed by atoms with E-state index in [0.717, 1.165) is 45.1 Å². The van der Waals surface area contributed by atoms with Crippen molar-refractivity contribution in [3.05, 3.63) is 0 Å². The fraction of sp³-hybridized carbons (Fsp3) is 0.929. The molecule has 1 aliphatic rings. The third-order valence-corrected chi connectivity index (χ3v) is 4.08. The van der Waals surface area contributed by atoms with E-state index in [1.165, 1.54) is 6.42 Å². The van der Waals surface area contributed by atoms with Crippen LogP contribution in [-0.4, -0.2) is 17.8 Å². The summed E-state index contributed by atoms with van der Waals surface area (Å²) in [6.45, 7) is 5.11. The van der Waals surface area contributed by atoms with Gasteiger partial charge in [0.2, 0.25) is 5.91 Å². The van der Waals surface area contributed by atoms with Gasteiger partial charge in [0.15, 0.2) is 0 Å². The summed E-state index contributed by atoms with van der Waals surface area (Å²) in [5.41, 5.74) is 0. The van der Waals surface area contributed by atoms with Gasteiger partial charge in [-0.05, 0) is 38.0 Å². The summed E-state index contributed by atoms with van der Waals surface area (Å²) in [6.07, 6.45) is 7.55. The quantitative estimate of drug-likeness (QED) is 0.694. The van der Waals surface area contributed by atoms with Crippen LogP contribution in [0.4, 0.5) is 0 Å². The van der Waals surface area contributed by atoms with Crippen LogP contribution in [0.1, 0.15) is 58.8 Å². The monoisotopic (exact) mass is 259 g/mol. The molecule has 17 heavy (non-hydrogen) atoms. The molecule has 0 radical (unpaired) electrons. The van der Waals surface area contributed by atoms with Crippen molar-refractivity contribution in [3.63, 3.8) is 0 Å². The first kappa shape index (κ1) is 14.8. The van der Waals surface area contributed by atoms with Crippen LogP contribution in [0.5, 0.6) is 0 Å². The molecule has 1 rings (SSSR count). The minimum atomic E-state index is 0.221. The van der Waals surface area contributed by atoms with Crippen LogP contribution in [0.2, 0.25) is 0 Å². The molecule has 0 aromatic heterocycles. The number of halogens is 1. The average Bonchev–Trinajstić information content (AvgIpc) is 2.72. The SMILES string of the molecule is CCCC(CCC)C(=O)NCC1CCC(Cl)C1. The number of amides is 1. The predicted octanol–water partition coefficient (Wildman–Crippen LogP) is 3.73. The van der Waals surface area contributed by atoms with Crippen molar-refractivity contribution >= 4 is 17.5 Å². The third kappa shape index (κ3) is 5.29. The maximum Gasteiger partial charge on any atom is 0.223 e. The molecule has 2 unspecified atom stereocenters. The van der Waals surface area contributed by atoms with Crippen molar-refractivity contribution in [2.45, 2.75) is 64.2 Å². The summed E-state index contributed by atoms with van der Waals surface area (Å²) in [6, 6.07) is 0. The number of hydrogen-bond acceptors (Lipinski definition) is 1. The van der Waals surface area contributed by atoms with Crippen LogP contribution < -0.4 is 5.32 Å². The zero-order valence-electron chi connectivity index (χ0n) is 11.2. The molecule has 0 saturated heterocycles. The minimum absolute atomic E-state index is 0.221. The van der Waals surface area contributed by atoms with Gasteiger partial charge >= 0.3 is 0 Å². The lowest BCUT2D eigenvalue weighted by Gasteiger charge is -2.17. The Labute approximate surface area is 110 Å². The molecule has 1 N–H and O–H groups in total. The average molecular weight is 260 g/mol. The summed E-state index contributed by atoms with van der Waals surface area (Å²) in [7, 11) is 0. The second-order valence-electron chi connectivity index (χ2n) is 5.30. The molecule has 100 valence electrons. The highest BCUT2D eigenvalue weighted by atomic mass is 35.5. The fourth-order valence-electron chi connectivity index (χ4n) is 2.69. The molecule has 0 aromatic carbocycles. The molecule has 2 nitrogen and oxygen atoms in total. The summed E-state index contributed by atoms with van der Waals surface area (Å²) >= 11 is 6.07. The molecule has 2 atom stereocenters. The van der Waals surface area contributed by atoms with Crippen LogP contribution >= 0.6 is 11.6 Å². The molecule has 0 bridgehead atoms. The molecule has 1 aliphatic carbocycles. The fourth-order valence-corrected chi connectivity index (χ4v) is 3.07. The maximum atomic E-state index is 12.0. The Hall–Kier alpha value is -0.240. The second-order valence-corrected chi connectivity index (χ2v) is 5.91. The number of alkyl halides is 1. The molecule has 0 spiro atoms. The first-order valence-electron chi connectivity index (χ1n) is 7.09.